The quantitative estimate of drug-likeness (QED) is 0.794. The molecule has 6 nitrogen and oxygen atoms in total. The molecule has 0 radical (unpaired) electrons. The highest BCUT2D eigenvalue weighted by Gasteiger charge is 2.34. The lowest BCUT2D eigenvalue weighted by Crippen LogP contribution is -2.41. The summed E-state index contributed by atoms with van der Waals surface area (Å²) in [7, 11) is 0. The van der Waals surface area contributed by atoms with Crippen LogP contribution in [-0.4, -0.2) is 48.6 Å². The average molecular weight is 395 g/mol. The van der Waals surface area contributed by atoms with Gasteiger partial charge in [-0.3, -0.25) is 4.79 Å². The maximum atomic E-state index is 14.3. The van der Waals surface area contributed by atoms with Gasteiger partial charge in [0.1, 0.15) is 22.8 Å². The summed E-state index contributed by atoms with van der Waals surface area (Å²) in [6.45, 7) is 4.03. The number of ether oxygens (including phenoxy) is 2. The topological polar surface area (TPSA) is 64.8 Å². The molecule has 1 aromatic carbocycles. The molecule has 2 fully saturated rings. The maximum absolute atomic E-state index is 14.3. The Morgan fingerprint density at radius 1 is 1.26 bits per heavy atom. The van der Waals surface area contributed by atoms with E-state index in [1.54, 1.807) is 17.9 Å². The van der Waals surface area contributed by atoms with Crippen molar-refractivity contribution in [1.82, 2.24) is 10.1 Å². The fourth-order valence-electron chi connectivity index (χ4n) is 3.70. The number of aryl methyl sites for hydroxylation is 1. The Bertz CT molecular complexity index is 822. The third-order valence-electron chi connectivity index (χ3n) is 5.14. The van der Waals surface area contributed by atoms with Crippen molar-refractivity contribution < 1.29 is 23.2 Å². The minimum Gasteiger partial charge on any atom is -0.360 e. The van der Waals surface area contributed by atoms with E-state index in [-0.39, 0.29) is 40.0 Å². The highest BCUT2D eigenvalue weighted by atomic mass is 35.5. The van der Waals surface area contributed by atoms with Crippen LogP contribution in [0.1, 0.15) is 29.0 Å². The molecule has 2 saturated heterocycles. The zero-order valence-corrected chi connectivity index (χ0v) is 15.7. The molecule has 27 heavy (non-hydrogen) atoms. The fraction of sp³-hybridized carbons (Fsp3) is 0.474. The van der Waals surface area contributed by atoms with Crippen molar-refractivity contribution in [3.05, 3.63) is 40.4 Å². The summed E-state index contributed by atoms with van der Waals surface area (Å²) in [5.74, 6) is -0.145. The lowest BCUT2D eigenvalue weighted by Gasteiger charge is -2.33. The lowest BCUT2D eigenvalue weighted by molar-refractivity contribution is -0.0956. The monoisotopic (exact) mass is 394 g/mol. The third kappa shape index (κ3) is 3.47. The molecule has 2 aromatic rings. The maximum Gasteiger partial charge on any atom is 0.259 e. The van der Waals surface area contributed by atoms with E-state index >= 15 is 0 Å². The second-order valence-corrected chi connectivity index (χ2v) is 7.21. The van der Waals surface area contributed by atoms with Gasteiger partial charge in [0.15, 0.2) is 6.29 Å². The Morgan fingerprint density at radius 3 is 2.63 bits per heavy atom. The summed E-state index contributed by atoms with van der Waals surface area (Å²) in [5.41, 5.74) is 0.487. The normalized spacial score (nSPS) is 19.0. The van der Waals surface area contributed by atoms with Crippen LogP contribution in [0.4, 0.5) is 4.39 Å². The lowest BCUT2D eigenvalue weighted by atomic mass is 9.95. The zero-order valence-electron chi connectivity index (χ0n) is 14.9. The van der Waals surface area contributed by atoms with Crippen LogP contribution in [0.5, 0.6) is 0 Å². The molecular formula is C19H20ClFN2O4. The van der Waals surface area contributed by atoms with Gasteiger partial charge in [0.05, 0.1) is 23.8 Å². The molecular weight excluding hydrogens is 375 g/mol. The molecule has 0 bridgehead atoms. The van der Waals surface area contributed by atoms with E-state index < -0.39 is 5.82 Å². The first-order valence-electron chi connectivity index (χ1n) is 8.99. The second-order valence-electron chi connectivity index (χ2n) is 6.80. The molecule has 0 aliphatic carbocycles. The van der Waals surface area contributed by atoms with E-state index in [0.29, 0.717) is 32.1 Å². The number of benzene rings is 1. The van der Waals surface area contributed by atoms with Crippen molar-refractivity contribution >= 4 is 17.5 Å². The summed E-state index contributed by atoms with van der Waals surface area (Å²) in [4.78, 5) is 14.9. The molecule has 3 heterocycles. The van der Waals surface area contributed by atoms with Crippen LogP contribution in [0.3, 0.4) is 0 Å². The van der Waals surface area contributed by atoms with Gasteiger partial charge in [0.25, 0.3) is 5.91 Å². The van der Waals surface area contributed by atoms with Crippen LogP contribution < -0.4 is 0 Å². The van der Waals surface area contributed by atoms with Gasteiger partial charge < -0.3 is 18.9 Å². The number of carbonyl (C=O) groups excluding carboxylic acids is 1. The largest absolute Gasteiger partial charge is 0.360 e. The Hall–Kier alpha value is -1.96. The predicted molar refractivity (Wildman–Crippen MR) is 96.0 cm³/mol. The van der Waals surface area contributed by atoms with Gasteiger partial charge in [0, 0.05) is 19.0 Å². The van der Waals surface area contributed by atoms with Crippen molar-refractivity contribution in [1.29, 1.82) is 0 Å². The number of hydrogen-bond donors (Lipinski definition) is 0. The summed E-state index contributed by atoms with van der Waals surface area (Å²) >= 11 is 6.15. The standard InChI is InChI=1S/C19H20ClFN2O4/c1-11-15(17(22-27-11)16-13(20)3-2-4-14(16)21)18(24)23-7-5-12(6-8-23)19-25-9-10-26-19/h2-4,12,19H,5-10H2,1H3. The first kappa shape index (κ1) is 18.4. The highest BCUT2D eigenvalue weighted by Crippen LogP contribution is 2.35. The molecule has 4 rings (SSSR count). The first-order chi connectivity index (χ1) is 13.1. The van der Waals surface area contributed by atoms with Crippen molar-refractivity contribution in [3.8, 4) is 11.3 Å². The van der Waals surface area contributed by atoms with E-state index in [9.17, 15) is 9.18 Å². The molecule has 0 unspecified atom stereocenters. The molecule has 2 aliphatic heterocycles. The van der Waals surface area contributed by atoms with E-state index in [4.69, 9.17) is 25.6 Å². The molecule has 1 amide bonds. The molecule has 0 atom stereocenters. The van der Waals surface area contributed by atoms with Gasteiger partial charge in [-0.05, 0) is 31.9 Å². The summed E-state index contributed by atoms with van der Waals surface area (Å²) < 4.78 is 30.7. The summed E-state index contributed by atoms with van der Waals surface area (Å²) in [6.07, 6.45) is 1.40. The zero-order chi connectivity index (χ0) is 19.0. The Morgan fingerprint density at radius 2 is 1.96 bits per heavy atom. The van der Waals surface area contributed by atoms with Gasteiger partial charge in [-0.2, -0.15) is 0 Å². The minimum atomic E-state index is -0.543. The molecule has 2 aliphatic rings. The predicted octanol–water partition coefficient (Wildman–Crippen LogP) is 3.67. The van der Waals surface area contributed by atoms with E-state index in [0.717, 1.165) is 12.8 Å². The minimum absolute atomic E-state index is 0.0852. The van der Waals surface area contributed by atoms with Crippen LogP contribution in [-0.2, 0) is 9.47 Å². The smallest absolute Gasteiger partial charge is 0.259 e. The van der Waals surface area contributed by atoms with Crippen LogP contribution in [0.2, 0.25) is 5.02 Å². The van der Waals surface area contributed by atoms with Gasteiger partial charge in [-0.1, -0.05) is 22.8 Å². The van der Waals surface area contributed by atoms with Crippen molar-refractivity contribution in [3.63, 3.8) is 0 Å². The molecule has 1 aromatic heterocycles. The van der Waals surface area contributed by atoms with Crippen molar-refractivity contribution in [2.45, 2.75) is 26.1 Å². The number of rotatable bonds is 3. The van der Waals surface area contributed by atoms with E-state index in [1.165, 1.54) is 12.1 Å². The van der Waals surface area contributed by atoms with Crippen LogP contribution in [0.25, 0.3) is 11.3 Å². The molecule has 0 N–H and O–H groups in total. The number of likely N-dealkylation sites (tertiary alicyclic amines) is 1. The highest BCUT2D eigenvalue weighted by molar-refractivity contribution is 6.33. The van der Waals surface area contributed by atoms with Gasteiger partial charge in [-0.25, -0.2) is 4.39 Å². The number of amides is 1. The van der Waals surface area contributed by atoms with Crippen molar-refractivity contribution in [2.75, 3.05) is 26.3 Å². The number of halogens is 2. The number of aromatic nitrogens is 1. The summed E-state index contributed by atoms with van der Waals surface area (Å²) in [5, 5.41) is 4.10. The number of hydrogen-bond acceptors (Lipinski definition) is 5. The van der Waals surface area contributed by atoms with Crippen molar-refractivity contribution in [2.24, 2.45) is 5.92 Å². The fourth-order valence-corrected chi connectivity index (χ4v) is 3.95. The number of piperidine rings is 1. The molecule has 0 saturated carbocycles. The van der Waals surface area contributed by atoms with Crippen LogP contribution in [0, 0.1) is 18.7 Å². The van der Waals surface area contributed by atoms with Crippen LogP contribution in [0.15, 0.2) is 22.7 Å². The Balaban J connectivity index is 1.56. The molecule has 0 spiro atoms. The van der Waals surface area contributed by atoms with Gasteiger partial charge in [-0.15, -0.1) is 0 Å². The number of carbonyl (C=O) groups is 1. The molecule has 144 valence electrons. The summed E-state index contributed by atoms with van der Waals surface area (Å²) in [6, 6.07) is 4.35. The molecule has 8 heteroatoms. The van der Waals surface area contributed by atoms with Gasteiger partial charge >= 0.3 is 0 Å². The Kier molecular flexibility index (Phi) is 5.16. The SMILES string of the molecule is Cc1onc(-c2c(F)cccc2Cl)c1C(=O)N1CCC(C2OCCO2)CC1. The van der Waals surface area contributed by atoms with Gasteiger partial charge in [0.2, 0.25) is 0 Å². The van der Waals surface area contributed by atoms with E-state index in [1.807, 2.05) is 0 Å². The Labute approximate surface area is 161 Å². The number of nitrogens with zero attached hydrogens (tertiary/aromatic N) is 2. The van der Waals surface area contributed by atoms with Crippen LogP contribution >= 0.6 is 11.6 Å². The average Bonchev–Trinajstić information content (AvgIpc) is 3.32. The first-order valence-corrected chi connectivity index (χ1v) is 9.37. The van der Waals surface area contributed by atoms with E-state index in [2.05, 4.69) is 5.16 Å². The third-order valence-corrected chi connectivity index (χ3v) is 5.45. The second kappa shape index (κ2) is 7.58.